The summed E-state index contributed by atoms with van der Waals surface area (Å²) >= 11 is 0. The van der Waals surface area contributed by atoms with Gasteiger partial charge < -0.3 is 14.7 Å². The minimum absolute atomic E-state index is 0.143. The topological polar surface area (TPSA) is 66.8 Å². The predicted molar refractivity (Wildman–Crippen MR) is 143 cm³/mol. The van der Waals surface area contributed by atoms with E-state index in [9.17, 15) is 14.7 Å². The van der Waals surface area contributed by atoms with E-state index in [2.05, 4.69) is 56.0 Å². The summed E-state index contributed by atoms with van der Waals surface area (Å²) < 4.78 is 5.48. The van der Waals surface area contributed by atoms with Gasteiger partial charge in [-0.15, -0.1) is 0 Å². The number of aryl methyl sites for hydroxylation is 1. The molecule has 1 saturated heterocycles. The van der Waals surface area contributed by atoms with Gasteiger partial charge in [-0.25, -0.2) is 0 Å². The summed E-state index contributed by atoms with van der Waals surface area (Å²) in [4.78, 5) is 28.9. The second-order valence-corrected chi connectivity index (χ2v) is 10.8. The third-order valence-corrected chi connectivity index (χ3v) is 9.28. The van der Waals surface area contributed by atoms with Crippen molar-refractivity contribution in [3.05, 3.63) is 107 Å². The standard InChI is InChI=1S/C32H31NO4/c1-20-12-14-22(15-13-20)31-17-16-26(24-9-4-6-10-25(24)31)32(30(35)36)19-33(18-28(31)32)29(34)21(2)23-8-5-7-11-27(23)37-3/h4-15,26,28H,2,16-19H2,1,3H3,(H,35,36)/t26-,28+,31-,32+/m0/s1. The number of carboxylic acid groups (broad SMARTS) is 1. The number of para-hydroxylation sites is 1. The second kappa shape index (κ2) is 8.34. The van der Waals surface area contributed by atoms with Gasteiger partial charge in [-0.1, -0.05) is 78.9 Å². The Morgan fingerprint density at radius 3 is 2.46 bits per heavy atom. The molecule has 37 heavy (non-hydrogen) atoms. The molecule has 1 N–H and O–H groups in total. The van der Waals surface area contributed by atoms with Crippen molar-refractivity contribution in [2.75, 3.05) is 20.2 Å². The number of likely N-dealkylation sites (tertiary alicyclic amines) is 1. The summed E-state index contributed by atoms with van der Waals surface area (Å²) in [6.07, 6.45) is 1.65. The molecule has 0 unspecified atom stereocenters. The third-order valence-electron chi connectivity index (χ3n) is 9.28. The maximum Gasteiger partial charge on any atom is 0.312 e. The zero-order valence-electron chi connectivity index (χ0n) is 21.2. The number of aliphatic carboxylic acids is 1. The van der Waals surface area contributed by atoms with Gasteiger partial charge in [-0.05, 0) is 42.5 Å². The SMILES string of the molecule is C=C(C(=O)N1C[C@@H]2[C@]3(c4ccc(C)cc4)CC[C@@H](c4ccccc43)[C@]2(C(=O)O)C1)c1ccccc1OC. The molecule has 3 aromatic carbocycles. The van der Waals surface area contributed by atoms with Gasteiger partial charge in [0.05, 0.1) is 12.5 Å². The van der Waals surface area contributed by atoms with Crippen LogP contribution in [0.5, 0.6) is 5.75 Å². The Balaban J connectivity index is 1.49. The molecule has 5 heteroatoms. The van der Waals surface area contributed by atoms with Crippen LogP contribution in [0, 0.1) is 18.3 Å². The molecule has 0 spiro atoms. The van der Waals surface area contributed by atoms with Crippen molar-refractivity contribution in [2.24, 2.45) is 11.3 Å². The van der Waals surface area contributed by atoms with Gasteiger partial charge in [0.2, 0.25) is 0 Å². The van der Waals surface area contributed by atoms with E-state index in [1.165, 1.54) is 11.1 Å². The molecule has 1 saturated carbocycles. The minimum Gasteiger partial charge on any atom is -0.496 e. The Bertz CT molecular complexity index is 1430. The van der Waals surface area contributed by atoms with Gasteiger partial charge in [0, 0.05) is 41.5 Å². The van der Waals surface area contributed by atoms with Gasteiger partial charge in [-0.2, -0.15) is 0 Å². The highest BCUT2D eigenvalue weighted by Gasteiger charge is 2.70. The van der Waals surface area contributed by atoms with E-state index in [0.29, 0.717) is 23.4 Å². The highest BCUT2D eigenvalue weighted by atomic mass is 16.5. The number of rotatable bonds is 5. The van der Waals surface area contributed by atoms with Crippen molar-refractivity contribution in [1.82, 2.24) is 4.90 Å². The minimum atomic E-state index is -1.06. The number of benzene rings is 3. The number of nitrogens with zero attached hydrogens (tertiary/aromatic N) is 1. The number of hydrogen-bond donors (Lipinski definition) is 1. The summed E-state index contributed by atoms with van der Waals surface area (Å²) in [6, 6.07) is 24.2. The quantitative estimate of drug-likeness (QED) is 0.482. The largest absolute Gasteiger partial charge is 0.496 e. The number of fused-ring (bicyclic) bond motifs is 1. The summed E-state index contributed by atoms with van der Waals surface area (Å²) in [5, 5.41) is 10.9. The van der Waals surface area contributed by atoms with Crippen molar-refractivity contribution in [2.45, 2.75) is 31.1 Å². The molecule has 2 bridgehead atoms. The molecule has 1 heterocycles. The van der Waals surface area contributed by atoms with Gasteiger partial charge >= 0.3 is 5.97 Å². The summed E-state index contributed by atoms with van der Waals surface area (Å²) in [5.74, 6) is -0.860. The lowest BCUT2D eigenvalue weighted by Gasteiger charge is -2.59. The molecule has 3 aromatic rings. The summed E-state index contributed by atoms with van der Waals surface area (Å²) in [7, 11) is 1.57. The molecule has 3 aliphatic carbocycles. The fraction of sp³-hybridized carbons (Fsp3) is 0.312. The molecule has 5 nitrogen and oxygen atoms in total. The average Bonchev–Trinajstić information content (AvgIpc) is 3.37. The average molecular weight is 494 g/mol. The first kappa shape index (κ1) is 23.5. The molecule has 4 aliphatic rings. The zero-order valence-corrected chi connectivity index (χ0v) is 21.2. The smallest absolute Gasteiger partial charge is 0.312 e. The van der Waals surface area contributed by atoms with Crippen LogP contribution in [0.25, 0.3) is 5.57 Å². The van der Waals surface area contributed by atoms with Crippen LogP contribution >= 0.6 is 0 Å². The highest BCUT2D eigenvalue weighted by molar-refractivity contribution is 6.19. The van der Waals surface area contributed by atoms with Crippen molar-refractivity contribution in [3.8, 4) is 5.75 Å². The molecule has 2 fully saturated rings. The molecular weight excluding hydrogens is 462 g/mol. The number of ether oxygens (including phenoxy) is 1. The van der Waals surface area contributed by atoms with E-state index < -0.39 is 16.8 Å². The Hall–Kier alpha value is -3.86. The molecule has 1 amide bonds. The van der Waals surface area contributed by atoms with Crippen LogP contribution in [0.4, 0.5) is 0 Å². The Morgan fingerprint density at radius 1 is 1.03 bits per heavy atom. The van der Waals surface area contributed by atoms with Crippen LogP contribution in [-0.2, 0) is 15.0 Å². The lowest BCUT2D eigenvalue weighted by molar-refractivity contribution is -0.157. The maximum atomic E-state index is 13.9. The van der Waals surface area contributed by atoms with E-state index in [1.807, 2.05) is 24.3 Å². The van der Waals surface area contributed by atoms with Gasteiger partial charge in [-0.3, -0.25) is 9.59 Å². The molecular formula is C32H31NO4. The highest BCUT2D eigenvalue weighted by Crippen LogP contribution is 2.69. The monoisotopic (exact) mass is 493 g/mol. The number of methoxy groups -OCH3 is 1. The van der Waals surface area contributed by atoms with E-state index in [4.69, 9.17) is 4.74 Å². The molecule has 4 atom stereocenters. The Kier molecular flexibility index (Phi) is 5.30. The first-order chi connectivity index (χ1) is 17.8. The Morgan fingerprint density at radius 2 is 1.73 bits per heavy atom. The normalized spacial score (nSPS) is 27.4. The zero-order chi connectivity index (χ0) is 25.9. The maximum absolute atomic E-state index is 13.9. The molecule has 0 aromatic heterocycles. The number of carbonyl (C=O) groups is 2. The van der Waals surface area contributed by atoms with Crippen molar-refractivity contribution in [3.63, 3.8) is 0 Å². The molecule has 1 aliphatic heterocycles. The second-order valence-electron chi connectivity index (χ2n) is 10.8. The third kappa shape index (κ3) is 3.09. The van der Waals surface area contributed by atoms with Crippen LogP contribution in [-0.4, -0.2) is 42.1 Å². The Labute approximate surface area is 217 Å². The summed E-state index contributed by atoms with van der Waals surface area (Å²) in [6.45, 7) is 6.73. The fourth-order valence-corrected chi connectivity index (χ4v) is 7.66. The van der Waals surface area contributed by atoms with Crippen molar-refractivity contribution < 1.29 is 19.4 Å². The van der Waals surface area contributed by atoms with Crippen LogP contribution in [0.1, 0.15) is 46.6 Å². The lowest BCUT2D eigenvalue weighted by Crippen LogP contribution is -2.60. The first-order valence-electron chi connectivity index (χ1n) is 12.9. The molecule has 0 radical (unpaired) electrons. The van der Waals surface area contributed by atoms with Gasteiger partial charge in [0.15, 0.2) is 0 Å². The fourth-order valence-electron chi connectivity index (χ4n) is 7.66. The van der Waals surface area contributed by atoms with Crippen LogP contribution in [0.2, 0.25) is 0 Å². The van der Waals surface area contributed by atoms with Gasteiger partial charge in [0.1, 0.15) is 5.75 Å². The van der Waals surface area contributed by atoms with Crippen LogP contribution in [0.15, 0.2) is 79.4 Å². The number of hydrogen-bond acceptors (Lipinski definition) is 3. The van der Waals surface area contributed by atoms with E-state index in [1.54, 1.807) is 18.1 Å². The number of amides is 1. The van der Waals surface area contributed by atoms with Crippen molar-refractivity contribution in [1.29, 1.82) is 0 Å². The van der Waals surface area contributed by atoms with Gasteiger partial charge in [0.25, 0.3) is 5.91 Å². The summed E-state index contributed by atoms with van der Waals surface area (Å²) in [5.41, 5.74) is 4.06. The van der Waals surface area contributed by atoms with E-state index in [-0.39, 0.29) is 24.3 Å². The van der Waals surface area contributed by atoms with E-state index >= 15 is 0 Å². The van der Waals surface area contributed by atoms with E-state index in [0.717, 1.165) is 24.0 Å². The van der Waals surface area contributed by atoms with Crippen LogP contribution < -0.4 is 4.74 Å². The van der Waals surface area contributed by atoms with Crippen molar-refractivity contribution >= 4 is 17.4 Å². The molecule has 188 valence electrons. The lowest BCUT2D eigenvalue weighted by atomic mass is 9.42. The first-order valence-corrected chi connectivity index (χ1v) is 12.9. The molecule has 7 rings (SSSR count). The number of carboxylic acids is 1. The predicted octanol–water partition coefficient (Wildman–Crippen LogP) is 5.42. The van der Waals surface area contributed by atoms with Crippen LogP contribution in [0.3, 0.4) is 0 Å². The number of carbonyl (C=O) groups excluding carboxylic acids is 1.